The fourth-order valence-corrected chi connectivity index (χ4v) is 3.27. The van der Waals surface area contributed by atoms with Gasteiger partial charge in [-0.25, -0.2) is 0 Å². The van der Waals surface area contributed by atoms with Crippen molar-refractivity contribution in [2.75, 3.05) is 50.0 Å². The molecule has 2 fully saturated rings. The number of ether oxygens (including phenoxy) is 1. The molecule has 1 aromatic carbocycles. The number of nitrogen functional groups attached to an aromatic ring is 1. The average molecular weight is 288 g/mol. The SMILES string of the molecule is N=Cc1c(N)cc(C2CCOCC2)cc1N1CCNCC1. The summed E-state index contributed by atoms with van der Waals surface area (Å²) in [5.74, 6) is 0.530. The van der Waals surface area contributed by atoms with Crippen LogP contribution in [0.25, 0.3) is 0 Å². The highest BCUT2D eigenvalue weighted by Gasteiger charge is 2.21. The number of anilines is 2. The minimum absolute atomic E-state index is 0.530. The van der Waals surface area contributed by atoms with E-state index in [-0.39, 0.29) is 0 Å². The van der Waals surface area contributed by atoms with Crippen LogP contribution in [-0.2, 0) is 4.74 Å². The van der Waals surface area contributed by atoms with Crippen molar-refractivity contribution in [3.8, 4) is 0 Å². The Morgan fingerprint density at radius 2 is 1.95 bits per heavy atom. The Kier molecular flexibility index (Phi) is 4.41. The molecule has 0 aromatic heterocycles. The highest BCUT2D eigenvalue weighted by atomic mass is 16.5. The van der Waals surface area contributed by atoms with Crippen molar-refractivity contribution in [3.05, 3.63) is 23.3 Å². The number of rotatable bonds is 3. The summed E-state index contributed by atoms with van der Waals surface area (Å²) in [6, 6.07) is 4.31. The van der Waals surface area contributed by atoms with E-state index >= 15 is 0 Å². The van der Waals surface area contributed by atoms with E-state index in [1.165, 1.54) is 11.8 Å². The Balaban J connectivity index is 1.95. The second kappa shape index (κ2) is 6.45. The van der Waals surface area contributed by atoms with Crippen LogP contribution in [0.3, 0.4) is 0 Å². The summed E-state index contributed by atoms with van der Waals surface area (Å²) in [7, 11) is 0. The van der Waals surface area contributed by atoms with Crippen molar-refractivity contribution in [1.82, 2.24) is 5.32 Å². The minimum atomic E-state index is 0.530. The minimum Gasteiger partial charge on any atom is -0.398 e. The Labute approximate surface area is 126 Å². The molecule has 5 heteroatoms. The molecule has 0 amide bonds. The van der Waals surface area contributed by atoms with E-state index in [0.29, 0.717) is 5.92 Å². The van der Waals surface area contributed by atoms with E-state index in [1.807, 2.05) is 0 Å². The third kappa shape index (κ3) is 3.04. The maximum Gasteiger partial charge on any atom is 0.0479 e. The summed E-state index contributed by atoms with van der Waals surface area (Å²) in [4.78, 5) is 2.34. The highest BCUT2D eigenvalue weighted by Crippen LogP contribution is 2.34. The molecule has 3 rings (SSSR count). The van der Waals surface area contributed by atoms with E-state index in [2.05, 4.69) is 22.3 Å². The first-order valence-corrected chi connectivity index (χ1v) is 7.77. The molecule has 21 heavy (non-hydrogen) atoms. The van der Waals surface area contributed by atoms with Crippen LogP contribution in [0.15, 0.2) is 12.1 Å². The van der Waals surface area contributed by atoms with Gasteiger partial charge in [-0.15, -0.1) is 0 Å². The lowest BCUT2D eigenvalue weighted by atomic mass is 9.89. The lowest BCUT2D eigenvalue weighted by molar-refractivity contribution is 0.0853. The van der Waals surface area contributed by atoms with Crippen molar-refractivity contribution < 1.29 is 4.74 Å². The van der Waals surface area contributed by atoms with Gasteiger partial charge in [0, 0.05) is 62.5 Å². The monoisotopic (exact) mass is 288 g/mol. The predicted molar refractivity (Wildman–Crippen MR) is 86.6 cm³/mol. The van der Waals surface area contributed by atoms with E-state index in [9.17, 15) is 0 Å². The molecule has 2 heterocycles. The Morgan fingerprint density at radius 3 is 2.62 bits per heavy atom. The van der Waals surface area contributed by atoms with Gasteiger partial charge in [0.05, 0.1) is 0 Å². The molecule has 2 aliphatic heterocycles. The lowest BCUT2D eigenvalue weighted by Crippen LogP contribution is -2.44. The van der Waals surface area contributed by atoms with Crippen LogP contribution in [0.2, 0.25) is 0 Å². The van der Waals surface area contributed by atoms with Crippen molar-refractivity contribution in [2.45, 2.75) is 18.8 Å². The van der Waals surface area contributed by atoms with Crippen LogP contribution in [0.4, 0.5) is 11.4 Å². The molecular formula is C16H24N4O. The summed E-state index contributed by atoms with van der Waals surface area (Å²) in [5.41, 5.74) is 10.2. The van der Waals surface area contributed by atoms with Gasteiger partial charge in [0.15, 0.2) is 0 Å². The van der Waals surface area contributed by atoms with Crippen molar-refractivity contribution in [1.29, 1.82) is 5.41 Å². The smallest absolute Gasteiger partial charge is 0.0479 e. The molecule has 0 atom stereocenters. The van der Waals surface area contributed by atoms with E-state index < -0.39 is 0 Å². The predicted octanol–water partition coefficient (Wildman–Crippen LogP) is 1.57. The molecule has 1 aromatic rings. The third-order valence-corrected chi connectivity index (χ3v) is 4.51. The van der Waals surface area contributed by atoms with Crippen molar-refractivity contribution in [3.63, 3.8) is 0 Å². The Bertz CT molecular complexity index is 505. The maximum absolute atomic E-state index is 7.69. The standard InChI is InChI=1S/C16H24N4O/c17-11-14-15(18)9-13(12-1-7-21-8-2-12)10-16(14)20-5-3-19-4-6-20/h9-12,17,19H,1-8,18H2. The van der Waals surface area contributed by atoms with Gasteiger partial charge in [-0.2, -0.15) is 0 Å². The Morgan fingerprint density at radius 1 is 1.24 bits per heavy atom. The lowest BCUT2D eigenvalue weighted by Gasteiger charge is -2.32. The van der Waals surface area contributed by atoms with Gasteiger partial charge in [0.2, 0.25) is 0 Å². The van der Waals surface area contributed by atoms with E-state index in [1.54, 1.807) is 0 Å². The molecule has 0 radical (unpaired) electrons. The number of piperazine rings is 1. The van der Waals surface area contributed by atoms with Crippen LogP contribution < -0.4 is 16.0 Å². The first-order valence-electron chi connectivity index (χ1n) is 7.77. The Hall–Kier alpha value is -1.59. The summed E-state index contributed by atoms with van der Waals surface area (Å²) in [6.45, 7) is 5.58. The first kappa shape index (κ1) is 14.4. The van der Waals surface area contributed by atoms with Crippen molar-refractivity contribution in [2.24, 2.45) is 0 Å². The zero-order valence-corrected chi connectivity index (χ0v) is 12.4. The maximum atomic E-state index is 7.69. The zero-order chi connectivity index (χ0) is 14.7. The van der Waals surface area contributed by atoms with Crippen LogP contribution in [0.1, 0.15) is 29.9 Å². The molecule has 0 saturated carbocycles. The molecule has 4 N–H and O–H groups in total. The van der Waals surface area contributed by atoms with Crippen LogP contribution in [0, 0.1) is 5.41 Å². The highest BCUT2D eigenvalue weighted by molar-refractivity contribution is 5.93. The van der Waals surface area contributed by atoms with Crippen LogP contribution in [0.5, 0.6) is 0 Å². The van der Waals surface area contributed by atoms with Crippen LogP contribution >= 0.6 is 0 Å². The zero-order valence-electron chi connectivity index (χ0n) is 12.4. The molecule has 0 unspecified atom stereocenters. The average Bonchev–Trinajstić information content (AvgIpc) is 2.55. The molecule has 0 spiro atoms. The third-order valence-electron chi connectivity index (χ3n) is 4.51. The van der Waals surface area contributed by atoms with Gasteiger partial charge in [-0.05, 0) is 36.5 Å². The second-order valence-corrected chi connectivity index (χ2v) is 5.81. The molecular weight excluding hydrogens is 264 g/mol. The summed E-state index contributed by atoms with van der Waals surface area (Å²) in [5, 5.41) is 11.1. The number of nitrogens with zero attached hydrogens (tertiary/aromatic N) is 1. The van der Waals surface area contributed by atoms with Gasteiger partial charge in [-0.3, -0.25) is 0 Å². The number of hydrogen-bond donors (Lipinski definition) is 3. The van der Waals surface area contributed by atoms with Gasteiger partial charge in [-0.1, -0.05) is 0 Å². The van der Waals surface area contributed by atoms with Gasteiger partial charge < -0.3 is 26.1 Å². The van der Waals surface area contributed by atoms with Gasteiger partial charge in [0.25, 0.3) is 0 Å². The topological polar surface area (TPSA) is 74.4 Å². The summed E-state index contributed by atoms with van der Waals surface area (Å²) < 4.78 is 5.46. The molecule has 0 aliphatic carbocycles. The van der Waals surface area contributed by atoms with Crippen molar-refractivity contribution >= 4 is 17.6 Å². The summed E-state index contributed by atoms with van der Waals surface area (Å²) in [6.07, 6.45) is 3.51. The largest absolute Gasteiger partial charge is 0.398 e. The number of hydrogen-bond acceptors (Lipinski definition) is 5. The molecule has 2 aliphatic rings. The number of nitrogens with two attached hydrogens (primary N) is 1. The second-order valence-electron chi connectivity index (χ2n) is 5.81. The first-order chi connectivity index (χ1) is 10.3. The quantitative estimate of drug-likeness (QED) is 0.583. The molecule has 0 bridgehead atoms. The van der Waals surface area contributed by atoms with E-state index in [4.69, 9.17) is 15.9 Å². The van der Waals surface area contributed by atoms with E-state index in [0.717, 1.165) is 69.2 Å². The van der Waals surface area contributed by atoms with Gasteiger partial charge in [0.1, 0.15) is 0 Å². The fourth-order valence-electron chi connectivity index (χ4n) is 3.27. The molecule has 2 saturated heterocycles. The normalized spacial score (nSPS) is 20.5. The summed E-state index contributed by atoms with van der Waals surface area (Å²) >= 11 is 0. The van der Waals surface area contributed by atoms with Gasteiger partial charge >= 0.3 is 0 Å². The molecule has 5 nitrogen and oxygen atoms in total. The van der Waals surface area contributed by atoms with Crippen LogP contribution in [-0.4, -0.2) is 45.6 Å². The number of nitrogens with one attached hydrogen (secondary N) is 2. The number of benzene rings is 1. The fraction of sp³-hybridized carbons (Fsp3) is 0.562. The molecule has 114 valence electrons.